The Hall–Kier alpha value is -2.34. The summed E-state index contributed by atoms with van der Waals surface area (Å²) in [4.78, 5) is 11.9. The van der Waals surface area contributed by atoms with Crippen LogP contribution in [0.25, 0.3) is 0 Å². The van der Waals surface area contributed by atoms with Crippen molar-refractivity contribution >= 4 is 11.6 Å². The molecule has 0 radical (unpaired) electrons. The Morgan fingerprint density at radius 2 is 2.12 bits per heavy atom. The molecule has 1 aliphatic rings. The lowest BCUT2D eigenvalue weighted by molar-refractivity contribution is -0.123. The zero-order valence-electron chi connectivity index (χ0n) is 15.2. The fourth-order valence-electron chi connectivity index (χ4n) is 2.83. The van der Waals surface area contributed by atoms with Crippen molar-refractivity contribution in [1.82, 2.24) is 15.1 Å². The van der Waals surface area contributed by atoms with Crippen LogP contribution in [0, 0.1) is 0 Å². The summed E-state index contributed by atoms with van der Waals surface area (Å²) in [5, 5.41) is 10.9. The van der Waals surface area contributed by atoms with E-state index < -0.39 is 6.10 Å². The fraction of sp³-hybridized carbons (Fsp3) is 0.474. The largest absolute Gasteiger partial charge is 0.478 e. The minimum Gasteiger partial charge on any atom is -0.478 e. The number of anilines is 1. The van der Waals surface area contributed by atoms with Crippen molar-refractivity contribution in [2.75, 3.05) is 5.32 Å². The van der Waals surface area contributed by atoms with E-state index in [0.29, 0.717) is 19.0 Å². The van der Waals surface area contributed by atoms with E-state index in [0.717, 1.165) is 22.7 Å². The maximum atomic E-state index is 11.9. The average molecular weight is 342 g/mol. The van der Waals surface area contributed by atoms with Crippen LogP contribution in [0.3, 0.4) is 0 Å². The monoisotopic (exact) mass is 342 g/mol. The van der Waals surface area contributed by atoms with Gasteiger partial charge in [0.25, 0.3) is 5.91 Å². The Morgan fingerprint density at radius 3 is 2.80 bits per heavy atom. The number of hydrogen-bond donors (Lipinski definition) is 2. The summed E-state index contributed by atoms with van der Waals surface area (Å²) in [6, 6.07) is 8.47. The smallest absolute Gasteiger partial charge is 0.265 e. The Morgan fingerprint density at radius 1 is 1.32 bits per heavy atom. The topological polar surface area (TPSA) is 68.2 Å². The molecule has 6 nitrogen and oxygen atoms in total. The first-order valence-electron chi connectivity index (χ1n) is 8.86. The molecule has 0 saturated heterocycles. The molecule has 0 spiro atoms. The van der Waals surface area contributed by atoms with E-state index in [1.165, 1.54) is 0 Å². The third kappa shape index (κ3) is 3.85. The molecule has 2 atom stereocenters. The second-order valence-corrected chi connectivity index (χ2v) is 6.74. The van der Waals surface area contributed by atoms with Gasteiger partial charge >= 0.3 is 0 Å². The summed E-state index contributed by atoms with van der Waals surface area (Å²) < 4.78 is 7.78. The number of benzene rings is 1. The van der Waals surface area contributed by atoms with E-state index in [9.17, 15) is 4.79 Å². The molecule has 6 heteroatoms. The average Bonchev–Trinajstić information content (AvgIpc) is 3.08. The van der Waals surface area contributed by atoms with Gasteiger partial charge in [-0.05, 0) is 51.0 Å². The highest BCUT2D eigenvalue weighted by Gasteiger charge is 2.26. The SMILES string of the molecule is CC[C@H]1Oc2cc([C@H](C)NCc3ccn(C(C)C)n3)ccc2NC1=O. The van der Waals surface area contributed by atoms with Crippen LogP contribution in [-0.4, -0.2) is 21.8 Å². The number of amides is 1. The second kappa shape index (κ2) is 7.27. The summed E-state index contributed by atoms with van der Waals surface area (Å²) in [5.41, 5.74) is 2.88. The van der Waals surface area contributed by atoms with E-state index in [4.69, 9.17) is 4.74 Å². The standard InChI is InChI=1S/C19H26N4O2/c1-5-17-19(24)21-16-7-6-14(10-18(16)25-17)13(4)20-11-15-8-9-23(22-15)12(2)3/h6-10,12-13,17,20H,5,11H2,1-4H3,(H,21,24)/t13-,17+/m0/s1. The molecule has 134 valence electrons. The highest BCUT2D eigenvalue weighted by molar-refractivity contribution is 5.97. The molecule has 0 unspecified atom stereocenters. The van der Waals surface area contributed by atoms with Crippen molar-refractivity contribution in [2.45, 2.75) is 58.8 Å². The van der Waals surface area contributed by atoms with Crippen LogP contribution in [0.5, 0.6) is 5.75 Å². The van der Waals surface area contributed by atoms with Crippen molar-refractivity contribution in [2.24, 2.45) is 0 Å². The molecule has 2 N–H and O–H groups in total. The van der Waals surface area contributed by atoms with Crippen LogP contribution in [0.2, 0.25) is 0 Å². The first kappa shape index (κ1) is 17.5. The molecule has 2 aromatic rings. The molecule has 1 aliphatic heterocycles. The lowest BCUT2D eigenvalue weighted by Gasteiger charge is -2.26. The Balaban J connectivity index is 1.66. The zero-order valence-corrected chi connectivity index (χ0v) is 15.2. The van der Waals surface area contributed by atoms with Crippen LogP contribution in [-0.2, 0) is 11.3 Å². The van der Waals surface area contributed by atoms with Crippen molar-refractivity contribution in [3.05, 3.63) is 41.7 Å². The Labute approximate surface area is 148 Å². The number of carbonyl (C=O) groups excluding carboxylic acids is 1. The summed E-state index contributed by atoms with van der Waals surface area (Å²) in [6.07, 6.45) is 2.25. The number of aromatic nitrogens is 2. The second-order valence-electron chi connectivity index (χ2n) is 6.74. The predicted molar refractivity (Wildman–Crippen MR) is 97.6 cm³/mol. The van der Waals surface area contributed by atoms with E-state index in [2.05, 4.69) is 36.5 Å². The summed E-state index contributed by atoms with van der Waals surface area (Å²) in [5.74, 6) is 0.663. The minimum atomic E-state index is -0.411. The molecular formula is C19H26N4O2. The number of carbonyl (C=O) groups is 1. The molecule has 0 aliphatic carbocycles. The predicted octanol–water partition coefficient (Wildman–Crippen LogP) is 3.42. The van der Waals surface area contributed by atoms with Crippen molar-refractivity contribution in [3.63, 3.8) is 0 Å². The first-order chi connectivity index (χ1) is 12.0. The van der Waals surface area contributed by atoms with Crippen LogP contribution in [0.1, 0.15) is 57.5 Å². The van der Waals surface area contributed by atoms with E-state index in [1.807, 2.05) is 42.1 Å². The van der Waals surface area contributed by atoms with Gasteiger partial charge in [0, 0.05) is 24.8 Å². The van der Waals surface area contributed by atoms with Gasteiger partial charge in [-0.15, -0.1) is 0 Å². The molecule has 0 saturated carbocycles. The fourth-order valence-corrected chi connectivity index (χ4v) is 2.83. The minimum absolute atomic E-state index is 0.0744. The van der Waals surface area contributed by atoms with Gasteiger partial charge in [0.2, 0.25) is 0 Å². The molecule has 0 fully saturated rings. The Kier molecular flexibility index (Phi) is 5.08. The first-order valence-corrected chi connectivity index (χ1v) is 8.86. The van der Waals surface area contributed by atoms with Crippen molar-refractivity contribution in [1.29, 1.82) is 0 Å². The van der Waals surface area contributed by atoms with Crippen LogP contribution in [0.15, 0.2) is 30.5 Å². The number of nitrogens with one attached hydrogen (secondary N) is 2. The molecule has 3 rings (SSSR count). The molecule has 1 aromatic heterocycles. The lowest BCUT2D eigenvalue weighted by Crippen LogP contribution is -2.36. The summed E-state index contributed by atoms with van der Waals surface area (Å²) >= 11 is 0. The Bertz CT molecular complexity index is 754. The third-order valence-electron chi connectivity index (χ3n) is 4.48. The number of rotatable bonds is 6. The molecule has 1 aromatic carbocycles. The molecule has 1 amide bonds. The summed E-state index contributed by atoms with van der Waals surface area (Å²) in [6.45, 7) is 8.98. The number of nitrogens with zero attached hydrogens (tertiary/aromatic N) is 2. The highest BCUT2D eigenvalue weighted by Crippen LogP contribution is 2.33. The number of ether oxygens (including phenoxy) is 1. The van der Waals surface area contributed by atoms with Gasteiger partial charge in [0.05, 0.1) is 11.4 Å². The normalized spacial score (nSPS) is 17.8. The van der Waals surface area contributed by atoms with Gasteiger partial charge in [-0.1, -0.05) is 13.0 Å². The van der Waals surface area contributed by atoms with Crippen molar-refractivity contribution < 1.29 is 9.53 Å². The van der Waals surface area contributed by atoms with Gasteiger partial charge in [0.1, 0.15) is 5.75 Å². The van der Waals surface area contributed by atoms with Crippen LogP contribution in [0.4, 0.5) is 5.69 Å². The highest BCUT2D eigenvalue weighted by atomic mass is 16.5. The van der Waals surface area contributed by atoms with Gasteiger partial charge in [-0.2, -0.15) is 5.10 Å². The van der Waals surface area contributed by atoms with E-state index in [-0.39, 0.29) is 11.9 Å². The number of hydrogen-bond acceptors (Lipinski definition) is 4. The van der Waals surface area contributed by atoms with Gasteiger partial charge < -0.3 is 15.4 Å². The van der Waals surface area contributed by atoms with Gasteiger partial charge in [-0.3, -0.25) is 9.48 Å². The molecular weight excluding hydrogens is 316 g/mol. The van der Waals surface area contributed by atoms with Gasteiger partial charge in [-0.25, -0.2) is 0 Å². The van der Waals surface area contributed by atoms with Crippen LogP contribution >= 0.6 is 0 Å². The lowest BCUT2D eigenvalue weighted by atomic mass is 10.1. The maximum absolute atomic E-state index is 11.9. The van der Waals surface area contributed by atoms with E-state index in [1.54, 1.807) is 0 Å². The molecule has 2 heterocycles. The van der Waals surface area contributed by atoms with E-state index >= 15 is 0 Å². The number of fused-ring (bicyclic) bond motifs is 1. The molecule has 0 bridgehead atoms. The zero-order chi connectivity index (χ0) is 18.0. The summed E-state index contributed by atoms with van der Waals surface area (Å²) in [7, 11) is 0. The quantitative estimate of drug-likeness (QED) is 0.844. The maximum Gasteiger partial charge on any atom is 0.265 e. The van der Waals surface area contributed by atoms with Crippen LogP contribution < -0.4 is 15.4 Å². The van der Waals surface area contributed by atoms with Gasteiger partial charge in [0.15, 0.2) is 6.10 Å². The molecule has 25 heavy (non-hydrogen) atoms. The third-order valence-corrected chi connectivity index (χ3v) is 4.48. The van der Waals surface area contributed by atoms with Crippen molar-refractivity contribution in [3.8, 4) is 5.75 Å².